The molecule has 18 heavy (non-hydrogen) atoms. The molecule has 3 aromatic rings. The summed E-state index contributed by atoms with van der Waals surface area (Å²) in [7, 11) is 0. The Hall–Kier alpha value is -2.36. The van der Waals surface area contributed by atoms with E-state index in [4.69, 9.17) is 4.42 Å². The first-order valence-corrected chi connectivity index (χ1v) is 5.71. The van der Waals surface area contributed by atoms with Crippen molar-refractivity contribution in [2.45, 2.75) is 13.8 Å². The Morgan fingerprint density at radius 1 is 1.22 bits per heavy atom. The van der Waals surface area contributed by atoms with Crippen molar-refractivity contribution in [2.24, 2.45) is 0 Å². The summed E-state index contributed by atoms with van der Waals surface area (Å²) < 4.78 is 5.45. The van der Waals surface area contributed by atoms with Gasteiger partial charge in [-0.05, 0) is 19.9 Å². The van der Waals surface area contributed by atoms with Gasteiger partial charge in [0, 0.05) is 16.6 Å². The number of para-hydroxylation sites is 1. The van der Waals surface area contributed by atoms with E-state index in [-0.39, 0.29) is 5.56 Å². The van der Waals surface area contributed by atoms with Gasteiger partial charge in [-0.2, -0.15) is 0 Å². The summed E-state index contributed by atoms with van der Waals surface area (Å²) in [5, 5.41) is 0.948. The maximum Gasteiger partial charge on any atom is 0.254 e. The van der Waals surface area contributed by atoms with E-state index in [1.165, 1.54) is 0 Å². The first-order valence-electron chi connectivity index (χ1n) is 5.71. The molecular weight excluding hydrogens is 228 g/mol. The maximum absolute atomic E-state index is 11.8. The number of fused-ring (bicyclic) bond motifs is 1. The standard InChI is InChI=1S/C14H12N2O2/c1-8-9(2)15-13(16-14(8)17)11-7-18-12-6-4-3-5-10(11)12/h3-7H,1-2H3,(H,15,16,17). The van der Waals surface area contributed by atoms with E-state index in [1.807, 2.05) is 31.2 Å². The topological polar surface area (TPSA) is 58.9 Å². The summed E-state index contributed by atoms with van der Waals surface area (Å²) in [6.45, 7) is 3.59. The maximum atomic E-state index is 11.8. The molecule has 0 fully saturated rings. The van der Waals surface area contributed by atoms with E-state index in [2.05, 4.69) is 9.97 Å². The van der Waals surface area contributed by atoms with Gasteiger partial charge in [-0.3, -0.25) is 4.79 Å². The molecule has 0 atom stereocenters. The van der Waals surface area contributed by atoms with Gasteiger partial charge in [0.1, 0.15) is 17.7 Å². The molecule has 2 aromatic heterocycles. The molecular formula is C14H12N2O2. The number of nitrogens with zero attached hydrogens (tertiary/aromatic N) is 1. The first kappa shape index (κ1) is 10.8. The third-order valence-electron chi connectivity index (χ3n) is 3.13. The summed E-state index contributed by atoms with van der Waals surface area (Å²) in [4.78, 5) is 19.0. The molecule has 0 aliphatic heterocycles. The summed E-state index contributed by atoms with van der Waals surface area (Å²) >= 11 is 0. The molecule has 2 heterocycles. The highest BCUT2D eigenvalue weighted by atomic mass is 16.3. The van der Waals surface area contributed by atoms with E-state index < -0.39 is 0 Å². The van der Waals surface area contributed by atoms with Crippen LogP contribution in [0.15, 0.2) is 39.7 Å². The molecule has 0 aliphatic carbocycles. The SMILES string of the molecule is Cc1nc(-c2coc3ccccc23)[nH]c(=O)c1C. The van der Waals surface area contributed by atoms with Crippen molar-refractivity contribution < 1.29 is 4.42 Å². The van der Waals surface area contributed by atoms with Crippen LogP contribution in [0.3, 0.4) is 0 Å². The molecule has 3 rings (SSSR count). The Bertz CT molecular complexity index is 784. The van der Waals surface area contributed by atoms with Crippen LogP contribution < -0.4 is 5.56 Å². The van der Waals surface area contributed by atoms with Crippen LogP contribution in [-0.4, -0.2) is 9.97 Å². The molecule has 1 aromatic carbocycles. The largest absolute Gasteiger partial charge is 0.464 e. The number of aromatic amines is 1. The number of hydrogen-bond donors (Lipinski definition) is 1. The summed E-state index contributed by atoms with van der Waals surface area (Å²) in [6.07, 6.45) is 1.62. The van der Waals surface area contributed by atoms with Gasteiger partial charge in [0.05, 0.1) is 5.56 Å². The number of aryl methyl sites for hydroxylation is 1. The zero-order valence-corrected chi connectivity index (χ0v) is 10.2. The fourth-order valence-corrected chi connectivity index (χ4v) is 1.93. The third kappa shape index (κ3) is 1.54. The minimum Gasteiger partial charge on any atom is -0.464 e. The fraction of sp³-hybridized carbons (Fsp3) is 0.143. The predicted octanol–water partition coefficient (Wildman–Crippen LogP) is 2.80. The molecule has 0 aliphatic rings. The van der Waals surface area contributed by atoms with E-state index in [9.17, 15) is 4.79 Å². The molecule has 0 spiro atoms. The Kier molecular flexibility index (Phi) is 2.30. The molecule has 0 saturated heterocycles. The lowest BCUT2D eigenvalue weighted by atomic mass is 10.1. The van der Waals surface area contributed by atoms with Crippen LogP contribution in [-0.2, 0) is 0 Å². The average molecular weight is 240 g/mol. The van der Waals surface area contributed by atoms with Crippen molar-refractivity contribution in [3.63, 3.8) is 0 Å². The first-order chi connectivity index (χ1) is 8.66. The molecule has 0 unspecified atom stereocenters. The lowest BCUT2D eigenvalue weighted by Gasteiger charge is -2.02. The van der Waals surface area contributed by atoms with Gasteiger partial charge < -0.3 is 9.40 Å². The van der Waals surface area contributed by atoms with Gasteiger partial charge in [0.25, 0.3) is 5.56 Å². The van der Waals surface area contributed by atoms with Gasteiger partial charge in [0.15, 0.2) is 0 Å². The van der Waals surface area contributed by atoms with Crippen LogP contribution >= 0.6 is 0 Å². The Morgan fingerprint density at radius 2 is 2.00 bits per heavy atom. The number of aromatic nitrogens is 2. The molecule has 0 amide bonds. The Morgan fingerprint density at radius 3 is 2.78 bits per heavy atom. The number of nitrogens with one attached hydrogen (secondary N) is 1. The van der Waals surface area contributed by atoms with E-state index in [0.717, 1.165) is 22.2 Å². The lowest BCUT2D eigenvalue weighted by Crippen LogP contribution is -2.14. The smallest absolute Gasteiger partial charge is 0.254 e. The van der Waals surface area contributed by atoms with Crippen LogP contribution in [0, 0.1) is 13.8 Å². The van der Waals surface area contributed by atoms with Gasteiger partial charge in [-0.1, -0.05) is 18.2 Å². The van der Waals surface area contributed by atoms with Gasteiger partial charge >= 0.3 is 0 Å². The van der Waals surface area contributed by atoms with Crippen molar-refractivity contribution >= 4 is 11.0 Å². The van der Waals surface area contributed by atoms with Gasteiger partial charge in [0.2, 0.25) is 0 Å². The number of furan rings is 1. The second-order valence-electron chi connectivity index (χ2n) is 4.27. The van der Waals surface area contributed by atoms with Crippen LogP contribution in [0.5, 0.6) is 0 Å². The highest BCUT2D eigenvalue weighted by Gasteiger charge is 2.11. The third-order valence-corrected chi connectivity index (χ3v) is 3.13. The molecule has 4 nitrogen and oxygen atoms in total. The second kappa shape index (κ2) is 3.84. The summed E-state index contributed by atoms with van der Waals surface area (Å²) in [5.41, 5.74) is 2.87. The van der Waals surface area contributed by atoms with Crippen LogP contribution in [0.25, 0.3) is 22.4 Å². The van der Waals surface area contributed by atoms with Crippen molar-refractivity contribution in [1.82, 2.24) is 9.97 Å². The fourth-order valence-electron chi connectivity index (χ4n) is 1.93. The summed E-state index contributed by atoms with van der Waals surface area (Å²) in [5.74, 6) is 0.549. The molecule has 90 valence electrons. The average Bonchev–Trinajstić information content (AvgIpc) is 2.79. The summed E-state index contributed by atoms with van der Waals surface area (Å²) in [6, 6.07) is 7.67. The molecule has 1 N–H and O–H groups in total. The van der Waals surface area contributed by atoms with E-state index in [0.29, 0.717) is 11.4 Å². The second-order valence-corrected chi connectivity index (χ2v) is 4.27. The minimum absolute atomic E-state index is 0.109. The zero-order chi connectivity index (χ0) is 12.7. The molecule has 4 heteroatoms. The van der Waals surface area contributed by atoms with Crippen LogP contribution in [0.2, 0.25) is 0 Å². The van der Waals surface area contributed by atoms with Gasteiger partial charge in [-0.25, -0.2) is 4.98 Å². The lowest BCUT2D eigenvalue weighted by molar-refractivity contribution is 0.616. The number of H-pyrrole nitrogens is 1. The molecule has 0 radical (unpaired) electrons. The number of rotatable bonds is 1. The number of hydrogen-bond acceptors (Lipinski definition) is 3. The highest BCUT2D eigenvalue weighted by molar-refractivity contribution is 5.91. The van der Waals surface area contributed by atoms with Crippen LogP contribution in [0.4, 0.5) is 0 Å². The van der Waals surface area contributed by atoms with Crippen molar-refractivity contribution in [3.8, 4) is 11.4 Å². The van der Waals surface area contributed by atoms with Gasteiger partial charge in [-0.15, -0.1) is 0 Å². The molecule has 0 saturated carbocycles. The highest BCUT2D eigenvalue weighted by Crippen LogP contribution is 2.27. The van der Waals surface area contributed by atoms with Crippen molar-refractivity contribution in [3.05, 3.63) is 52.1 Å². The van der Waals surface area contributed by atoms with Crippen molar-refractivity contribution in [2.75, 3.05) is 0 Å². The minimum atomic E-state index is -0.109. The Balaban J connectivity index is 2.30. The van der Waals surface area contributed by atoms with E-state index in [1.54, 1.807) is 13.2 Å². The monoisotopic (exact) mass is 240 g/mol. The predicted molar refractivity (Wildman–Crippen MR) is 69.5 cm³/mol. The van der Waals surface area contributed by atoms with Crippen LogP contribution in [0.1, 0.15) is 11.3 Å². The number of benzene rings is 1. The Labute approximate surface area is 103 Å². The van der Waals surface area contributed by atoms with E-state index >= 15 is 0 Å². The normalized spacial score (nSPS) is 11.0. The quantitative estimate of drug-likeness (QED) is 0.711. The molecule has 0 bridgehead atoms. The zero-order valence-electron chi connectivity index (χ0n) is 10.2. The van der Waals surface area contributed by atoms with Crippen molar-refractivity contribution in [1.29, 1.82) is 0 Å².